The van der Waals surface area contributed by atoms with Crippen LogP contribution in [0.15, 0.2) is 54.7 Å². The van der Waals surface area contributed by atoms with Crippen molar-refractivity contribution >= 4 is 74.7 Å². The first-order valence-electron chi connectivity index (χ1n) is 17.0. The van der Waals surface area contributed by atoms with E-state index in [1.807, 2.05) is 25.1 Å². The number of halogens is 1. The molecule has 0 saturated carbocycles. The highest BCUT2D eigenvalue weighted by Gasteiger charge is 2.23. The Balaban J connectivity index is 1.33. The van der Waals surface area contributed by atoms with Gasteiger partial charge in [0.2, 0.25) is 33.7 Å². The van der Waals surface area contributed by atoms with E-state index in [4.69, 9.17) is 11.6 Å². The predicted octanol–water partition coefficient (Wildman–Crippen LogP) is 3.31. The maximum absolute atomic E-state index is 13.5. The van der Waals surface area contributed by atoms with Crippen LogP contribution < -0.4 is 26.0 Å². The van der Waals surface area contributed by atoms with E-state index in [0.29, 0.717) is 57.8 Å². The van der Waals surface area contributed by atoms with Crippen LogP contribution in [0.1, 0.15) is 65.7 Å². The first-order valence-corrected chi connectivity index (χ1v) is 19.6. The van der Waals surface area contributed by atoms with Crippen LogP contribution in [0, 0.1) is 13.8 Å². The number of thiol groups is 1. The number of nitrogens with zero attached hydrogens (tertiary/aromatic N) is 1. The molecule has 0 bridgehead atoms. The van der Waals surface area contributed by atoms with Gasteiger partial charge in [0.05, 0.1) is 43.1 Å². The van der Waals surface area contributed by atoms with E-state index < -0.39 is 21.8 Å². The summed E-state index contributed by atoms with van der Waals surface area (Å²) in [6.07, 6.45) is 4.05. The summed E-state index contributed by atoms with van der Waals surface area (Å²) in [4.78, 5) is 61.6. The summed E-state index contributed by atoms with van der Waals surface area (Å²) in [6.45, 7) is 7.71. The number of unbranched alkanes of at least 4 members (excludes halogenated alkanes) is 5. The van der Waals surface area contributed by atoms with Crippen molar-refractivity contribution in [1.82, 2.24) is 30.6 Å². The first kappa shape index (κ1) is 42.1. The van der Waals surface area contributed by atoms with Crippen molar-refractivity contribution in [3.05, 3.63) is 82.1 Å². The molecule has 0 aliphatic carbocycles. The first-order chi connectivity index (χ1) is 24.7. The van der Waals surface area contributed by atoms with Gasteiger partial charge >= 0.3 is 0 Å². The summed E-state index contributed by atoms with van der Waals surface area (Å²) in [7, 11) is -3.86. The fourth-order valence-electron chi connectivity index (χ4n) is 5.41. The Labute approximate surface area is 315 Å². The van der Waals surface area contributed by atoms with Crippen molar-refractivity contribution < 1.29 is 32.4 Å². The van der Waals surface area contributed by atoms with Gasteiger partial charge in [-0.1, -0.05) is 55.5 Å². The zero-order valence-corrected chi connectivity index (χ0v) is 31.9. The van der Waals surface area contributed by atoms with Crippen molar-refractivity contribution in [1.29, 1.82) is 0 Å². The van der Waals surface area contributed by atoms with Gasteiger partial charge in [0.1, 0.15) is 0 Å². The lowest BCUT2D eigenvalue weighted by Gasteiger charge is -2.11. The average molecular weight is 775 g/mol. The number of sulfonamides is 1. The smallest absolute Gasteiger partial charge is 0.262 e. The van der Waals surface area contributed by atoms with E-state index in [2.05, 4.69) is 45.2 Å². The van der Waals surface area contributed by atoms with E-state index in [1.54, 1.807) is 35.8 Å². The molecule has 3 rings (SSSR count). The van der Waals surface area contributed by atoms with Crippen LogP contribution in [0.4, 0.5) is 0 Å². The summed E-state index contributed by atoms with van der Waals surface area (Å²) in [6, 6.07) is 12.1. The van der Waals surface area contributed by atoms with E-state index in [9.17, 15) is 32.4 Å². The number of nitrogens with one attached hydrogen (secondary N) is 5. The predicted molar refractivity (Wildman–Crippen MR) is 206 cm³/mol. The third-order valence-corrected chi connectivity index (χ3v) is 10.0. The Morgan fingerprint density at radius 1 is 0.769 bits per heavy atom. The number of hydrogen-bond acceptors (Lipinski definition) is 9. The molecular formula is C36H47ClN6O7S2. The molecule has 282 valence electrons. The Bertz CT molecular complexity index is 1880. The van der Waals surface area contributed by atoms with E-state index in [1.165, 1.54) is 0 Å². The van der Waals surface area contributed by atoms with Crippen molar-refractivity contribution in [3.8, 4) is 0 Å². The minimum absolute atomic E-state index is 0.0500. The fraction of sp³-hybridized carbons (Fsp3) is 0.417. The molecule has 1 aromatic heterocycles. The normalized spacial score (nSPS) is 11.2. The van der Waals surface area contributed by atoms with Gasteiger partial charge in [0.25, 0.3) is 5.91 Å². The molecule has 5 N–H and O–H groups in total. The van der Waals surface area contributed by atoms with Gasteiger partial charge < -0.3 is 21.3 Å². The van der Waals surface area contributed by atoms with Crippen LogP contribution in [0.3, 0.4) is 0 Å². The SMILES string of the molecule is C=C(CNC(=O)CS)NCC(=O)NCC(=O)NCCCCCCCCS(=O)(=O)NC(=O)Cc1c(C)n(C(=O)c2ccc(Cl)cc2)c2ccc(C)cc12. The zero-order valence-electron chi connectivity index (χ0n) is 29.5. The highest BCUT2D eigenvalue weighted by Crippen LogP contribution is 2.29. The summed E-state index contributed by atoms with van der Waals surface area (Å²) in [5.41, 5.74) is 3.58. The lowest BCUT2D eigenvalue weighted by molar-refractivity contribution is -0.125. The molecule has 0 atom stereocenters. The summed E-state index contributed by atoms with van der Waals surface area (Å²) in [5.74, 6) is -2.05. The van der Waals surface area contributed by atoms with Crippen LogP contribution >= 0.6 is 24.2 Å². The Hall–Kier alpha value is -4.34. The van der Waals surface area contributed by atoms with Crippen molar-refractivity contribution in [2.24, 2.45) is 0 Å². The maximum atomic E-state index is 13.5. The van der Waals surface area contributed by atoms with Crippen molar-refractivity contribution in [2.75, 3.05) is 37.7 Å². The molecule has 13 nitrogen and oxygen atoms in total. The van der Waals surface area contributed by atoms with Gasteiger partial charge in [0, 0.05) is 33.9 Å². The minimum atomic E-state index is -3.86. The highest BCUT2D eigenvalue weighted by molar-refractivity contribution is 7.90. The third kappa shape index (κ3) is 13.7. The number of amides is 4. The molecule has 0 spiro atoms. The van der Waals surface area contributed by atoms with Crippen molar-refractivity contribution in [2.45, 2.75) is 58.8 Å². The fourth-order valence-corrected chi connectivity index (χ4v) is 6.75. The molecule has 1 heterocycles. The number of benzene rings is 2. The summed E-state index contributed by atoms with van der Waals surface area (Å²) in [5, 5.41) is 11.8. The quantitative estimate of drug-likeness (QED) is 0.0704. The van der Waals surface area contributed by atoms with Crippen LogP contribution in [-0.4, -0.2) is 80.2 Å². The van der Waals surface area contributed by atoms with Crippen LogP contribution in [0.2, 0.25) is 5.02 Å². The second kappa shape index (κ2) is 20.6. The largest absolute Gasteiger partial charge is 0.379 e. The third-order valence-electron chi connectivity index (χ3n) is 8.14. The molecule has 3 aromatic rings. The van der Waals surface area contributed by atoms with Gasteiger partial charge in [-0.3, -0.25) is 33.3 Å². The Morgan fingerprint density at radius 2 is 1.38 bits per heavy atom. The maximum Gasteiger partial charge on any atom is 0.262 e. The Kier molecular flexibility index (Phi) is 16.7. The average Bonchev–Trinajstić information content (AvgIpc) is 3.36. The van der Waals surface area contributed by atoms with E-state index in [0.717, 1.165) is 31.2 Å². The van der Waals surface area contributed by atoms with Gasteiger partial charge in [-0.25, -0.2) is 8.42 Å². The molecule has 0 aliphatic heterocycles. The van der Waals surface area contributed by atoms with Gasteiger partial charge in [-0.15, -0.1) is 0 Å². The molecule has 0 saturated heterocycles. The second-order valence-corrected chi connectivity index (χ2v) is 15.0. The monoisotopic (exact) mass is 774 g/mol. The molecule has 16 heteroatoms. The molecule has 0 unspecified atom stereocenters. The Morgan fingerprint density at radius 3 is 2.08 bits per heavy atom. The number of fused-ring (bicyclic) bond motifs is 1. The van der Waals surface area contributed by atoms with E-state index in [-0.39, 0.29) is 55.3 Å². The molecule has 52 heavy (non-hydrogen) atoms. The molecule has 0 aliphatic rings. The topological polar surface area (TPSA) is 185 Å². The van der Waals surface area contributed by atoms with E-state index >= 15 is 0 Å². The minimum Gasteiger partial charge on any atom is -0.379 e. The molecule has 2 aromatic carbocycles. The standard InChI is InChI=1S/C36H47ClN6O7S2/c1-24-10-15-31-30(18-24)29(26(3)43(31)36(48)27-11-13-28(37)14-12-27)19-32(44)42-52(49,50)17-9-7-5-4-6-8-16-38-33(45)22-41-34(46)21-39-25(2)20-40-35(47)23-51/h10-15,18,39,51H,2,4-9,16-17,19-23H2,1,3H3,(H,38,45)(H,40,47)(H,41,46)(H,42,44). The van der Waals surface area contributed by atoms with Crippen LogP contribution in [-0.2, 0) is 35.6 Å². The number of carbonyl (C=O) groups is 5. The lowest BCUT2D eigenvalue weighted by Crippen LogP contribution is -2.41. The van der Waals surface area contributed by atoms with Crippen LogP contribution in [0.25, 0.3) is 10.9 Å². The number of hydrogen-bond donors (Lipinski definition) is 6. The number of rotatable bonds is 21. The number of carbonyl (C=O) groups excluding carboxylic acids is 5. The summed E-state index contributed by atoms with van der Waals surface area (Å²) >= 11 is 9.85. The zero-order chi connectivity index (χ0) is 38.3. The second-order valence-electron chi connectivity index (χ2n) is 12.4. The van der Waals surface area contributed by atoms with Gasteiger partial charge in [-0.2, -0.15) is 12.6 Å². The molecular weight excluding hydrogens is 728 g/mol. The number of aryl methyl sites for hydroxylation is 1. The van der Waals surface area contributed by atoms with Gasteiger partial charge in [0.15, 0.2) is 0 Å². The lowest BCUT2D eigenvalue weighted by atomic mass is 10.1. The van der Waals surface area contributed by atoms with Gasteiger partial charge in [-0.05, 0) is 68.7 Å². The molecule has 0 radical (unpaired) electrons. The highest BCUT2D eigenvalue weighted by atomic mass is 35.5. The molecule has 4 amide bonds. The number of aromatic nitrogens is 1. The summed E-state index contributed by atoms with van der Waals surface area (Å²) < 4.78 is 29.2. The van der Waals surface area contributed by atoms with Crippen molar-refractivity contribution in [3.63, 3.8) is 0 Å². The van der Waals surface area contributed by atoms with Crippen LogP contribution in [0.5, 0.6) is 0 Å². The molecule has 0 fully saturated rings.